The van der Waals surface area contributed by atoms with Crippen LogP contribution in [0.4, 0.5) is 0 Å². The minimum atomic E-state index is -1.46. The molecule has 20 heavy (non-hydrogen) atoms. The Bertz CT molecular complexity index is 435. The Morgan fingerprint density at radius 2 is 2.00 bits per heavy atom. The third-order valence-electron chi connectivity index (χ3n) is 3.28. The van der Waals surface area contributed by atoms with Crippen LogP contribution < -0.4 is 4.74 Å². The average molecular weight is 288 g/mol. The van der Waals surface area contributed by atoms with Crippen LogP contribution in [0.3, 0.4) is 0 Å². The summed E-state index contributed by atoms with van der Waals surface area (Å²) in [5, 5.41) is 44.9. The van der Waals surface area contributed by atoms with Gasteiger partial charge in [-0.3, -0.25) is 5.10 Å². The second-order valence-electron chi connectivity index (χ2n) is 5.13. The molecule has 0 aliphatic carbocycles. The number of hydrogen-bond donors (Lipinski definition) is 5. The molecule has 2 rings (SSSR count). The fourth-order valence-electron chi connectivity index (χ4n) is 1.96. The van der Waals surface area contributed by atoms with Crippen molar-refractivity contribution in [2.75, 3.05) is 6.61 Å². The summed E-state index contributed by atoms with van der Waals surface area (Å²) in [6, 6.07) is 1.66. The number of aliphatic hydroxyl groups is 4. The predicted molar refractivity (Wildman–Crippen MR) is 67.1 cm³/mol. The molecule has 1 aromatic heterocycles. The van der Waals surface area contributed by atoms with Crippen molar-refractivity contribution in [3.63, 3.8) is 0 Å². The molecular formula is C12H20N2O6. The number of nitrogens with one attached hydrogen (secondary N) is 1. The van der Waals surface area contributed by atoms with Crippen LogP contribution in [0.25, 0.3) is 0 Å². The van der Waals surface area contributed by atoms with Gasteiger partial charge in [0, 0.05) is 11.8 Å². The zero-order valence-corrected chi connectivity index (χ0v) is 11.3. The van der Waals surface area contributed by atoms with E-state index in [1.54, 1.807) is 6.07 Å². The lowest BCUT2D eigenvalue weighted by Gasteiger charge is -2.39. The molecule has 1 aliphatic heterocycles. The Balaban J connectivity index is 2.07. The van der Waals surface area contributed by atoms with Gasteiger partial charge in [-0.2, -0.15) is 0 Å². The van der Waals surface area contributed by atoms with Gasteiger partial charge in [0.15, 0.2) is 0 Å². The Hall–Kier alpha value is -1.19. The molecular weight excluding hydrogens is 268 g/mol. The van der Waals surface area contributed by atoms with E-state index in [-0.39, 0.29) is 11.8 Å². The maximum Gasteiger partial charge on any atom is 0.235 e. The highest BCUT2D eigenvalue weighted by atomic mass is 16.7. The smallest absolute Gasteiger partial charge is 0.235 e. The molecule has 5 atom stereocenters. The number of hydrogen-bond acceptors (Lipinski definition) is 7. The summed E-state index contributed by atoms with van der Waals surface area (Å²) < 4.78 is 10.6. The highest BCUT2D eigenvalue weighted by Gasteiger charge is 2.44. The largest absolute Gasteiger partial charge is 0.444 e. The first-order chi connectivity index (χ1) is 9.43. The number of H-pyrrole nitrogens is 1. The van der Waals surface area contributed by atoms with Crippen LogP contribution in [0, 0.1) is 0 Å². The molecule has 2 heterocycles. The Kier molecular flexibility index (Phi) is 4.61. The third kappa shape index (κ3) is 2.94. The van der Waals surface area contributed by atoms with Crippen molar-refractivity contribution in [2.24, 2.45) is 0 Å². The minimum Gasteiger partial charge on any atom is -0.444 e. The van der Waals surface area contributed by atoms with Gasteiger partial charge in [0.1, 0.15) is 24.4 Å². The molecule has 0 amide bonds. The van der Waals surface area contributed by atoms with Gasteiger partial charge in [0.05, 0.1) is 6.61 Å². The lowest BCUT2D eigenvalue weighted by Crippen LogP contribution is -2.60. The molecule has 1 unspecified atom stereocenters. The molecule has 0 saturated carbocycles. The highest BCUT2D eigenvalue weighted by Crippen LogP contribution is 2.24. The number of nitrogens with zero attached hydrogens (tertiary/aromatic N) is 1. The van der Waals surface area contributed by atoms with E-state index in [4.69, 9.17) is 14.6 Å². The SMILES string of the molecule is CC(C)c1cc(OC2O[C@H](CO)[C@@H](O)[C@H](O)[C@H]2O)n[nH]1. The third-order valence-corrected chi connectivity index (χ3v) is 3.28. The maximum atomic E-state index is 9.82. The molecule has 0 spiro atoms. The monoisotopic (exact) mass is 288 g/mol. The normalized spacial score (nSPS) is 34.5. The van der Waals surface area contributed by atoms with Crippen molar-refractivity contribution >= 4 is 0 Å². The number of aromatic amines is 1. The second-order valence-corrected chi connectivity index (χ2v) is 5.13. The zero-order chi connectivity index (χ0) is 14.9. The number of aliphatic hydroxyl groups excluding tert-OH is 4. The van der Waals surface area contributed by atoms with E-state index in [0.29, 0.717) is 0 Å². The molecule has 1 saturated heterocycles. The van der Waals surface area contributed by atoms with Crippen LogP contribution >= 0.6 is 0 Å². The van der Waals surface area contributed by atoms with Crippen molar-refractivity contribution in [2.45, 2.75) is 50.5 Å². The van der Waals surface area contributed by atoms with Crippen LogP contribution in [0.5, 0.6) is 5.88 Å². The molecule has 5 N–H and O–H groups in total. The maximum absolute atomic E-state index is 9.82. The first kappa shape index (κ1) is 15.2. The van der Waals surface area contributed by atoms with E-state index in [0.717, 1.165) is 5.69 Å². The van der Waals surface area contributed by atoms with Crippen molar-refractivity contribution in [3.8, 4) is 5.88 Å². The molecule has 1 aromatic rings. The summed E-state index contributed by atoms with van der Waals surface area (Å²) in [5.41, 5.74) is 0.851. The van der Waals surface area contributed by atoms with Gasteiger partial charge < -0.3 is 29.9 Å². The predicted octanol–water partition coefficient (Wildman–Crippen LogP) is -1.29. The Morgan fingerprint density at radius 1 is 1.30 bits per heavy atom. The Morgan fingerprint density at radius 3 is 2.55 bits per heavy atom. The van der Waals surface area contributed by atoms with E-state index < -0.39 is 37.3 Å². The van der Waals surface area contributed by atoms with Crippen LogP contribution in [0.1, 0.15) is 25.5 Å². The molecule has 1 aliphatic rings. The van der Waals surface area contributed by atoms with Gasteiger partial charge >= 0.3 is 0 Å². The number of ether oxygens (including phenoxy) is 2. The molecule has 8 nitrogen and oxygen atoms in total. The summed E-state index contributed by atoms with van der Waals surface area (Å²) in [4.78, 5) is 0. The summed E-state index contributed by atoms with van der Waals surface area (Å²) in [6.45, 7) is 3.46. The quantitative estimate of drug-likeness (QED) is 0.466. The average Bonchev–Trinajstić information content (AvgIpc) is 2.88. The highest BCUT2D eigenvalue weighted by molar-refractivity contribution is 5.17. The standard InChI is InChI=1S/C12H20N2O6/c1-5(2)6-3-8(14-13-6)20-12-11(18)10(17)9(16)7(4-15)19-12/h3,5,7,9-12,15-18H,4H2,1-2H3,(H,13,14)/t7-,9-,10+,11-,12?/m1/s1. The second kappa shape index (κ2) is 6.06. The molecule has 114 valence electrons. The summed E-state index contributed by atoms with van der Waals surface area (Å²) >= 11 is 0. The topological polar surface area (TPSA) is 128 Å². The van der Waals surface area contributed by atoms with E-state index >= 15 is 0 Å². The van der Waals surface area contributed by atoms with Crippen molar-refractivity contribution in [3.05, 3.63) is 11.8 Å². The van der Waals surface area contributed by atoms with Crippen LogP contribution in [-0.2, 0) is 4.74 Å². The molecule has 8 heteroatoms. The first-order valence-corrected chi connectivity index (χ1v) is 6.46. The first-order valence-electron chi connectivity index (χ1n) is 6.46. The van der Waals surface area contributed by atoms with Crippen LogP contribution in [-0.4, -0.2) is 67.9 Å². The summed E-state index contributed by atoms with van der Waals surface area (Å²) in [7, 11) is 0. The van der Waals surface area contributed by atoms with E-state index in [9.17, 15) is 15.3 Å². The molecule has 0 radical (unpaired) electrons. The van der Waals surface area contributed by atoms with Crippen molar-refractivity contribution in [1.82, 2.24) is 10.2 Å². The fraction of sp³-hybridized carbons (Fsp3) is 0.750. The zero-order valence-electron chi connectivity index (χ0n) is 11.3. The van der Waals surface area contributed by atoms with Crippen LogP contribution in [0.15, 0.2) is 6.07 Å². The van der Waals surface area contributed by atoms with Gasteiger partial charge in [-0.15, -0.1) is 5.10 Å². The fourth-order valence-corrected chi connectivity index (χ4v) is 1.96. The lowest BCUT2D eigenvalue weighted by molar-refractivity contribution is -0.278. The Labute approximate surface area is 116 Å². The van der Waals surface area contributed by atoms with Gasteiger partial charge in [-0.05, 0) is 5.92 Å². The van der Waals surface area contributed by atoms with Gasteiger partial charge in [0.2, 0.25) is 12.2 Å². The molecule has 1 fully saturated rings. The van der Waals surface area contributed by atoms with Gasteiger partial charge in [-0.1, -0.05) is 13.8 Å². The van der Waals surface area contributed by atoms with Gasteiger partial charge in [-0.25, -0.2) is 0 Å². The molecule has 0 aromatic carbocycles. The van der Waals surface area contributed by atoms with E-state index in [1.807, 2.05) is 13.8 Å². The van der Waals surface area contributed by atoms with Gasteiger partial charge in [0.25, 0.3) is 0 Å². The van der Waals surface area contributed by atoms with E-state index in [2.05, 4.69) is 10.2 Å². The number of rotatable bonds is 4. The van der Waals surface area contributed by atoms with Crippen LogP contribution in [0.2, 0.25) is 0 Å². The number of aromatic nitrogens is 2. The van der Waals surface area contributed by atoms with Crippen molar-refractivity contribution in [1.29, 1.82) is 0 Å². The van der Waals surface area contributed by atoms with Crippen molar-refractivity contribution < 1.29 is 29.9 Å². The minimum absolute atomic E-state index is 0.207. The lowest BCUT2D eigenvalue weighted by atomic mass is 9.99. The molecule has 0 bridgehead atoms. The summed E-state index contributed by atoms with van der Waals surface area (Å²) in [6.07, 6.45) is -6.52. The van der Waals surface area contributed by atoms with E-state index in [1.165, 1.54) is 0 Å². The summed E-state index contributed by atoms with van der Waals surface area (Å²) in [5.74, 6) is 0.438.